The van der Waals surface area contributed by atoms with E-state index in [9.17, 15) is 10.0 Å². The summed E-state index contributed by atoms with van der Waals surface area (Å²) in [5.74, 6) is 0. The maximum atomic E-state index is 9.43. The van der Waals surface area contributed by atoms with Crippen LogP contribution in [0.5, 0.6) is 0 Å². The smallest absolute Gasteiger partial charge is 0.423 e. The first kappa shape index (κ1) is 16.9. The van der Waals surface area contributed by atoms with E-state index in [1.165, 1.54) is 5.57 Å². The van der Waals surface area contributed by atoms with E-state index in [1.54, 1.807) is 6.07 Å². The third kappa shape index (κ3) is 5.47. The van der Waals surface area contributed by atoms with E-state index in [0.29, 0.717) is 18.6 Å². The van der Waals surface area contributed by atoms with Crippen molar-refractivity contribution >= 4 is 12.6 Å². The van der Waals surface area contributed by atoms with Gasteiger partial charge in [-0.25, -0.2) is 0 Å². The Balaban J connectivity index is 2.83. The van der Waals surface area contributed by atoms with Crippen LogP contribution in [-0.2, 0) is 6.54 Å². The van der Waals surface area contributed by atoms with Gasteiger partial charge < -0.3 is 15.8 Å². The van der Waals surface area contributed by atoms with Crippen LogP contribution in [0, 0.1) is 0 Å². The van der Waals surface area contributed by atoms with Gasteiger partial charge in [0, 0.05) is 19.6 Å². The predicted octanol–water partition coefficient (Wildman–Crippen LogP) is 0.483. The molecule has 0 saturated carbocycles. The van der Waals surface area contributed by atoms with Gasteiger partial charge in [0.1, 0.15) is 0 Å². The van der Waals surface area contributed by atoms with Crippen LogP contribution in [0.4, 0.5) is 0 Å². The van der Waals surface area contributed by atoms with Gasteiger partial charge in [0.15, 0.2) is 0 Å². The van der Waals surface area contributed by atoms with Crippen LogP contribution in [0.25, 0.3) is 0 Å². The molecule has 0 saturated heterocycles. The van der Waals surface area contributed by atoms with Gasteiger partial charge in [-0.2, -0.15) is 0 Å². The lowest BCUT2D eigenvalue weighted by atomic mass is 9.77. The van der Waals surface area contributed by atoms with Gasteiger partial charge in [0.25, 0.3) is 0 Å². The van der Waals surface area contributed by atoms with Crippen molar-refractivity contribution in [3.63, 3.8) is 0 Å². The van der Waals surface area contributed by atoms with Crippen LogP contribution < -0.4 is 11.2 Å². The summed E-state index contributed by atoms with van der Waals surface area (Å²) in [6.45, 7) is 7.25. The number of nitrogens with two attached hydrogens (primary N) is 1. The molecule has 0 aliphatic heterocycles. The highest BCUT2D eigenvalue weighted by Crippen LogP contribution is 2.07. The van der Waals surface area contributed by atoms with E-state index >= 15 is 0 Å². The van der Waals surface area contributed by atoms with Crippen molar-refractivity contribution in [2.75, 3.05) is 19.6 Å². The fraction of sp³-hybridized carbons (Fsp3) is 0.467. The Morgan fingerprint density at radius 2 is 2.05 bits per heavy atom. The van der Waals surface area contributed by atoms with E-state index in [4.69, 9.17) is 5.73 Å². The Labute approximate surface area is 122 Å². The molecule has 0 aliphatic rings. The maximum Gasteiger partial charge on any atom is 0.488 e. The SMILES string of the molecule is C/C=C(\C)CN(CCCN)Cc1ccccc1B(O)O. The first-order valence-corrected chi connectivity index (χ1v) is 7.06. The van der Waals surface area contributed by atoms with Crippen molar-refractivity contribution in [1.82, 2.24) is 4.90 Å². The summed E-state index contributed by atoms with van der Waals surface area (Å²) in [7, 11) is -1.43. The third-order valence-corrected chi connectivity index (χ3v) is 3.37. The Kier molecular flexibility index (Phi) is 7.55. The highest BCUT2D eigenvalue weighted by Gasteiger charge is 2.17. The normalized spacial score (nSPS) is 12.0. The average molecular weight is 276 g/mol. The van der Waals surface area contributed by atoms with E-state index in [-0.39, 0.29) is 0 Å². The minimum atomic E-state index is -1.43. The van der Waals surface area contributed by atoms with Crippen molar-refractivity contribution in [2.45, 2.75) is 26.8 Å². The summed E-state index contributed by atoms with van der Waals surface area (Å²) in [5, 5.41) is 18.9. The van der Waals surface area contributed by atoms with Crippen molar-refractivity contribution in [3.8, 4) is 0 Å². The van der Waals surface area contributed by atoms with E-state index in [1.807, 2.05) is 25.1 Å². The Bertz CT molecular complexity index is 436. The fourth-order valence-electron chi connectivity index (χ4n) is 2.14. The lowest BCUT2D eigenvalue weighted by Crippen LogP contribution is -2.36. The molecule has 0 aliphatic carbocycles. The average Bonchev–Trinajstić information content (AvgIpc) is 2.44. The van der Waals surface area contributed by atoms with Crippen LogP contribution >= 0.6 is 0 Å². The minimum Gasteiger partial charge on any atom is -0.423 e. The molecule has 4 nitrogen and oxygen atoms in total. The van der Waals surface area contributed by atoms with Gasteiger partial charge in [-0.1, -0.05) is 35.9 Å². The molecule has 0 aromatic heterocycles. The first-order valence-electron chi connectivity index (χ1n) is 7.06. The molecule has 0 unspecified atom stereocenters. The molecule has 5 heteroatoms. The molecule has 0 fully saturated rings. The van der Waals surface area contributed by atoms with Crippen molar-refractivity contribution < 1.29 is 10.0 Å². The van der Waals surface area contributed by atoms with Gasteiger partial charge in [-0.05, 0) is 37.8 Å². The van der Waals surface area contributed by atoms with E-state index in [0.717, 1.165) is 25.1 Å². The largest absolute Gasteiger partial charge is 0.488 e. The van der Waals surface area contributed by atoms with Gasteiger partial charge >= 0.3 is 7.12 Å². The standard InChI is InChI=1S/C15H25BN2O2/c1-3-13(2)11-18(10-6-9-17)12-14-7-4-5-8-15(14)16(19)20/h3-5,7-8,19-20H,6,9-12,17H2,1-2H3/b13-3+. The Morgan fingerprint density at radius 1 is 1.35 bits per heavy atom. The quantitative estimate of drug-likeness (QED) is 0.477. The van der Waals surface area contributed by atoms with Gasteiger partial charge in [-0.3, -0.25) is 4.90 Å². The zero-order valence-electron chi connectivity index (χ0n) is 12.4. The second-order valence-corrected chi connectivity index (χ2v) is 5.06. The van der Waals surface area contributed by atoms with Crippen LogP contribution in [0.3, 0.4) is 0 Å². The second kappa shape index (κ2) is 8.92. The zero-order valence-corrected chi connectivity index (χ0v) is 12.4. The van der Waals surface area contributed by atoms with Crippen LogP contribution in [0.15, 0.2) is 35.9 Å². The topological polar surface area (TPSA) is 69.7 Å². The second-order valence-electron chi connectivity index (χ2n) is 5.06. The number of rotatable bonds is 8. The number of hydrogen-bond donors (Lipinski definition) is 3. The zero-order chi connectivity index (χ0) is 15.0. The Hall–Kier alpha value is -1.14. The molecule has 0 radical (unpaired) electrons. The summed E-state index contributed by atoms with van der Waals surface area (Å²) >= 11 is 0. The van der Waals surface area contributed by atoms with Gasteiger partial charge in [-0.15, -0.1) is 0 Å². The van der Waals surface area contributed by atoms with Crippen molar-refractivity contribution in [1.29, 1.82) is 0 Å². The fourth-order valence-corrected chi connectivity index (χ4v) is 2.14. The molecule has 0 atom stereocenters. The number of nitrogens with zero attached hydrogens (tertiary/aromatic N) is 1. The van der Waals surface area contributed by atoms with Crippen molar-refractivity contribution in [3.05, 3.63) is 41.5 Å². The summed E-state index contributed by atoms with van der Waals surface area (Å²) in [5.41, 5.74) is 8.41. The molecule has 1 aromatic rings. The van der Waals surface area contributed by atoms with Crippen LogP contribution in [0.2, 0.25) is 0 Å². The lowest BCUT2D eigenvalue weighted by molar-refractivity contribution is 0.286. The molecule has 4 N–H and O–H groups in total. The summed E-state index contributed by atoms with van der Waals surface area (Å²) < 4.78 is 0. The Morgan fingerprint density at radius 3 is 2.65 bits per heavy atom. The molecular formula is C15H25BN2O2. The van der Waals surface area contributed by atoms with E-state index in [2.05, 4.69) is 17.9 Å². The summed E-state index contributed by atoms with van der Waals surface area (Å²) in [6, 6.07) is 7.43. The minimum absolute atomic E-state index is 0.573. The van der Waals surface area contributed by atoms with Crippen molar-refractivity contribution in [2.24, 2.45) is 5.73 Å². The van der Waals surface area contributed by atoms with Gasteiger partial charge in [0.05, 0.1) is 0 Å². The number of hydrogen-bond acceptors (Lipinski definition) is 4. The molecule has 0 amide bonds. The first-order chi connectivity index (χ1) is 9.58. The molecule has 0 spiro atoms. The maximum absolute atomic E-state index is 9.43. The highest BCUT2D eigenvalue weighted by molar-refractivity contribution is 6.59. The third-order valence-electron chi connectivity index (χ3n) is 3.37. The molecule has 110 valence electrons. The lowest BCUT2D eigenvalue weighted by Gasteiger charge is -2.24. The summed E-state index contributed by atoms with van der Waals surface area (Å²) in [6.07, 6.45) is 3.03. The molecular weight excluding hydrogens is 251 g/mol. The predicted molar refractivity (Wildman–Crippen MR) is 84.6 cm³/mol. The molecule has 0 heterocycles. The van der Waals surface area contributed by atoms with Crippen LogP contribution in [-0.4, -0.2) is 41.7 Å². The molecule has 0 bridgehead atoms. The van der Waals surface area contributed by atoms with Gasteiger partial charge in [0.2, 0.25) is 0 Å². The number of allylic oxidation sites excluding steroid dienone is 1. The van der Waals surface area contributed by atoms with Crippen LogP contribution in [0.1, 0.15) is 25.8 Å². The summed E-state index contributed by atoms with van der Waals surface area (Å²) in [4.78, 5) is 2.28. The van der Waals surface area contributed by atoms with E-state index < -0.39 is 7.12 Å². The monoisotopic (exact) mass is 276 g/mol. The molecule has 1 rings (SSSR count). The highest BCUT2D eigenvalue weighted by atomic mass is 16.4. The number of benzene rings is 1. The molecule has 20 heavy (non-hydrogen) atoms. The molecule has 1 aromatic carbocycles.